The minimum absolute atomic E-state index is 0.303. The first-order chi connectivity index (χ1) is 8.20. The Labute approximate surface area is 113 Å². The van der Waals surface area contributed by atoms with Crippen LogP contribution in [0.4, 0.5) is 0 Å². The number of rotatable bonds is 3. The first kappa shape index (κ1) is 13.2. The van der Waals surface area contributed by atoms with Gasteiger partial charge in [-0.1, -0.05) is 30.7 Å². The fraction of sp³-hybridized carbons (Fsp3) is 0.538. The van der Waals surface area contributed by atoms with Crippen LogP contribution in [0, 0.1) is 0 Å². The van der Waals surface area contributed by atoms with Gasteiger partial charge in [-0.05, 0) is 17.7 Å². The molecule has 1 fully saturated rings. The molecule has 1 aromatic rings. The Bertz CT molecular complexity index is 372. The van der Waals surface area contributed by atoms with Gasteiger partial charge in [-0.3, -0.25) is 4.90 Å². The highest BCUT2D eigenvalue weighted by molar-refractivity contribution is 7.99. The number of thioether (sulfide) groups is 1. The van der Waals surface area contributed by atoms with Gasteiger partial charge in [0.25, 0.3) is 0 Å². The minimum Gasteiger partial charge on any atom is -0.329 e. The zero-order chi connectivity index (χ0) is 12.3. The highest BCUT2D eigenvalue weighted by Crippen LogP contribution is 2.27. The molecular formula is C13H19ClN2S. The lowest BCUT2D eigenvalue weighted by molar-refractivity contribution is 0.211. The second kappa shape index (κ2) is 6.10. The van der Waals surface area contributed by atoms with Crippen LogP contribution < -0.4 is 5.73 Å². The van der Waals surface area contributed by atoms with Crippen LogP contribution in [-0.4, -0.2) is 35.5 Å². The predicted octanol–water partition coefficient (Wildman–Crippen LogP) is 2.78. The molecule has 2 nitrogen and oxygen atoms in total. The molecule has 4 heteroatoms. The summed E-state index contributed by atoms with van der Waals surface area (Å²) in [5.41, 5.74) is 7.17. The SMILES string of the molecule is CC1CN(C(CN)c2cccc(Cl)c2)CCS1. The van der Waals surface area contributed by atoms with Crippen LogP contribution >= 0.6 is 23.4 Å². The van der Waals surface area contributed by atoms with Crippen LogP contribution in [0.2, 0.25) is 5.02 Å². The smallest absolute Gasteiger partial charge is 0.0471 e. The highest BCUT2D eigenvalue weighted by atomic mass is 35.5. The Morgan fingerprint density at radius 1 is 1.59 bits per heavy atom. The van der Waals surface area contributed by atoms with Gasteiger partial charge in [0.1, 0.15) is 0 Å². The van der Waals surface area contributed by atoms with E-state index in [0.717, 1.165) is 18.1 Å². The van der Waals surface area contributed by atoms with E-state index in [-0.39, 0.29) is 0 Å². The third kappa shape index (κ3) is 3.38. The molecule has 94 valence electrons. The molecule has 0 radical (unpaired) electrons. The van der Waals surface area contributed by atoms with Crippen molar-refractivity contribution < 1.29 is 0 Å². The van der Waals surface area contributed by atoms with Crippen LogP contribution in [0.5, 0.6) is 0 Å². The van der Waals surface area contributed by atoms with E-state index in [1.165, 1.54) is 11.3 Å². The number of halogens is 1. The minimum atomic E-state index is 0.303. The Kier molecular flexibility index (Phi) is 4.74. The molecule has 17 heavy (non-hydrogen) atoms. The van der Waals surface area contributed by atoms with Crippen LogP contribution in [0.15, 0.2) is 24.3 Å². The Balaban J connectivity index is 2.15. The lowest BCUT2D eigenvalue weighted by Gasteiger charge is -2.36. The first-order valence-electron chi connectivity index (χ1n) is 6.02. The zero-order valence-electron chi connectivity index (χ0n) is 10.1. The number of benzene rings is 1. The Morgan fingerprint density at radius 2 is 2.41 bits per heavy atom. The van der Waals surface area contributed by atoms with Crippen molar-refractivity contribution in [2.24, 2.45) is 5.73 Å². The van der Waals surface area contributed by atoms with Gasteiger partial charge in [-0.25, -0.2) is 0 Å². The van der Waals surface area contributed by atoms with Gasteiger partial charge in [0.15, 0.2) is 0 Å². The summed E-state index contributed by atoms with van der Waals surface area (Å²) in [5.74, 6) is 1.19. The topological polar surface area (TPSA) is 29.3 Å². The molecule has 0 saturated carbocycles. The summed E-state index contributed by atoms with van der Waals surface area (Å²) < 4.78 is 0. The summed E-state index contributed by atoms with van der Waals surface area (Å²) >= 11 is 8.09. The van der Waals surface area contributed by atoms with Crippen LogP contribution in [0.1, 0.15) is 18.5 Å². The standard InChI is InChI=1S/C13H19ClN2S/c1-10-9-16(5-6-17-10)13(8-15)11-3-2-4-12(14)7-11/h2-4,7,10,13H,5-6,8-9,15H2,1H3. The predicted molar refractivity (Wildman–Crippen MR) is 76.7 cm³/mol. The van der Waals surface area contributed by atoms with E-state index in [9.17, 15) is 0 Å². The van der Waals surface area contributed by atoms with Gasteiger partial charge in [0.2, 0.25) is 0 Å². The zero-order valence-corrected chi connectivity index (χ0v) is 11.7. The molecule has 2 rings (SSSR count). The van der Waals surface area contributed by atoms with E-state index < -0.39 is 0 Å². The molecule has 0 aromatic heterocycles. The third-order valence-electron chi connectivity index (χ3n) is 3.17. The molecular weight excluding hydrogens is 252 g/mol. The molecule has 0 aliphatic carbocycles. The second-order valence-electron chi connectivity index (χ2n) is 4.48. The molecule has 1 heterocycles. The fourth-order valence-corrected chi connectivity index (χ4v) is 3.58. The lowest BCUT2D eigenvalue weighted by Crippen LogP contribution is -2.42. The molecule has 1 aliphatic heterocycles. The third-order valence-corrected chi connectivity index (χ3v) is 4.54. The Morgan fingerprint density at radius 3 is 3.06 bits per heavy atom. The van der Waals surface area contributed by atoms with Gasteiger partial charge in [-0.15, -0.1) is 0 Å². The summed E-state index contributed by atoms with van der Waals surface area (Å²) in [7, 11) is 0. The van der Waals surface area contributed by atoms with Crippen LogP contribution in [-0.2, 0) is 0 Å². The summed E-state index contributed by atoms with van der Waals surface area (Å²) in [5, 5.41) is 1.48. The van der Waals surface area contributed by atoms with E-state index >= 15 is 0 Å². The molecule has 0 spiro atoms. The van der Waals surface area contributed by atoms with Gasteiger partial charge in [0, 0.05) is 41.7 Å². The summed E-state index contributed by atoms with van der Waals surface area (Å²) in [6, 6.07) is 8.37. The number of nitrogens with two attached hydrogens (primary N) is 1. The maximum Gasteiger partial charge on any atom is 0.0471 e. The van der Waals surface area contributed by atoms with Crippen molar-refractivity contribution >= 4 is 23.4 Å². The normalized spacial score (nSPS) is 23.6. The van der Waals surface area contributed by atoms with Gasteiger partial charge in [0.05, 0.1) is 0 Å². The quantitative estimate of drug-likeness (QED) is 0.916. The van der Waals surface area contributed by atoms with Crippen molar-refractivity contribution in [3.8, 4) is 0 Å². The number of hydrogen-bond donors (Lipinski definition) is 1. The molecule has 0 amide bonds. The average molecular weight is 271 g/mol. The van der Waals surface area contributed by atoms with Gasteiger partial charge in [-0.2, -0.15) is 11.8 Å². The molecule has 2 N–H and O–H groups in total. The first-order valence-corrected chi connectivity index (χ1v) is 7.44. The van der Waals surface area contributed by atoms with Gasteiger partial charge >= 0.3 is 0 Å². The van der Waals surface area contributed by atoms with E-state index in [2.05, 4.69) is 17.9 Å². The van der Waals surface area contributed by atoms with Crippen molar-refractivity contribution in [2.45, 2.75) is 18.2 Å². The van der Waals surface area contributed by atoms with Crippen molar-refractivity contribution in [2.75, 3.05) is 25.4 Å². The van der Waals surface area contributed by atoms with Crippen molar-refractivity contribution in [3.05, 3.63) is 34.9 Å². The van der Waals surface area contributed by atoms with E-state index in [1.807, 2.05) is 30.0 Å². The molecule has 0 bridgehead atoms. The average Bonchev–Trinajstić information content (AvgIpc) is 2.30. The second-order valence-corrected chi connectivity index (χ2v) is 6.47. The van der Waals surface area contributed by atoms with E-state index in [0.29, 0.717) is 17.8 Å². The highest BCUT2D eigenvalue weighted by Gasteiger charge is 2.24. The number of hydrogen-bond acceptors (Lipinski definition) is 3. The summed E-state index contributed by atoms with van der Waals surface area (Å²) in [6.45, 7) is 5.16. The lowest BCUT2D eigenvalue weighted by atomic mass is 10.1. The van der Waals surface area contributed by atoms with Crippen molar-refractivity contribution in [3.63, 3.8) is 0 Å². The monoisotopic (exact) mass is 270 g/mol. The maximum atomic E-state index is 6.05. The van der Waals surface area contributed by atoms with E-state index in [4.69, 9.17) is 17.3 Å². The molecule has 2 atom stereocenters. The van der Waals surface area contributed by atoms with Gasteiger partial charge < -0.3 is 5.73 Å². The summed E-state index contributed by atoms with van der Waals surface area (Å²) in [6.07, 6.45) is 0. The molecule has 2 unspecified atom stereocenters. The summed E-state index contributed by atoms with van der Waals surface area (Å²) in [4.78, 5) is 2.48. The molecule has 1 aromatic carbocycles. The van der Waals surface area contributed by atoms with Crippen LogP contribution in [0.25, 0.3) is 0 Å². The molecule has 1 aliphatic rings. The Hall–Kier alpha value is -0.220. The largest absolute Gasteiger partial charge is 0.329 e. The van der Waals surface area contributed by atoms with Crippen molar-refractivity contribution in [1.29, 1.82) is 0 Å². The molecule has 1 saturated heterocycles. The number of nitrogens with zero attached hydrogens (tertiary/aromatic N) is 1. The van der Waals surface area contributed by atoms with Crippen molar-refractivity contribution in [1.82, 2.24) is 4.90 Å². The van der Waals surface area contributed by atoms with E-state index in [1.54, 1.807) is 0 Å². The maximum absolute atomic E-state index is 6.05. The fourth-order valence-electron chi connectivity index (χ4n) is 2.34. The van der Waals surface area contributed by atoms with Crippen LogP contribution in [0.3, 0.4) is 0 Å².